The lowest BCUT2D eigenvalue weighted by molar-refractivity contribution is 0.323. The number of nitrogens with two attached hydrogens (primary N) is 1. The zero-order valence-electron chi connectivity index (χ0n) is 11.1. The van der Waals surface area contributed by atoms with E-state index in [0.29, 0.717) is 12.3 Å². The van der Waals surface area contributed by atoms with Gasteiger partial charge >= 0.3 is 0 Å². The fourth-order valence-electron chi connectivity index (χ4n) is 2.33. The lowest BCUT2D eigenvalue weighted by Gasteiger charge is -2.09. The summed E-state index contributed by atoms with van der Waals surface area (Å²) < 4.78 is 12.2. The van der Waals surface area contributed by atoms with Crippen LogP contribution in [0, 0.1) is 0 Å². The number of fused-ring (bicyclic) bond motifs is 1. The van der Waals surface area contributed by atoms with Crippen LogP contribution in [-0.2, 0) is 12.8 Å². The summed E-state index contributed by atoms with van der Waals surface area (Å²) in [6, 6.07) is 12.0. The van der Waals surface area contributed by atoms with E-state index in [1.807, 2.05) is 24.3 Å². The summed E-state index contributed by atoms with van der Waals surface area (Å²) in [6.07, 6.45) is 1.87. The Morgan fingerprint density at radius 1 is 1.20 bits per heavy atom. The maximum absolute atomic E-state index is 5.90. The van der Waals surface area contributed by atoms with E-state index in [1.54, 1.807) is 0 Å². The molecule has 0 fully saturated rings. The van der Waals surface area contributed by atoms with Gasteiger partial charge in [-0.05, 0) is 35.4 Å². The molecule has 0 spiro atoms. The van der Waals surface area contributed by atoms with Gasteiger partial charge in [-0.2, -0.15) is 0 Å². The zero-order chi connectivity index (χ0) is 13.9. The van der Waals surface area contributed by atoms with Crippen LogP contribution in [0.15, 0.2) is 40.9 Å². The normalized spacial score (nSPS) is 12.8. The first-order chi connectivity index (χ1) is 9.72. The van der Waals surface area contributed by atoms with E-state index < -0.39 is 0 Å². The number of benzene rings is 2. The van der Waals surface area contributed by atoms with Crippen LogP contribution in [0.5, 0.6) is 11.5 Å². The topological polar surface area (TPSA) is 44.5 Å². The maximum Gasteiger partial charge on any atom is 0.142 e. The van der Waals surface area contributed by atoms with Gasteiger partial charge in [0.1, 0.15) is 11.5 Å². The molecule has 0 amide bonds. The Labute approximate surface area is 126 Å². The van der Waals surface area contributed by atoms with Crippen LogP contribution in [0.4, 0.5) is 5.69 Å². The first-order valence-electron chi connectivity index (χ1n) is 6.65. The summed E-state index contributed by atoms with van der Waals surface area (Å²) in [5.74, 6) is 1.75. The number of ether oxygens (including phenoxy) is 2. The predicted octanol–water partition coefficient (Wildman–Crippen LogP) is 3.59. The predicted molar refractivity (Wildman–Crippen MR) is 83.4 cm³/mol. The number of hydrogen-bond acceptors (Lipinski definition) is 3. The Morgan fingerprint density at radius 2 is 2.10 bits per heavy atom. The first kappa shape index (κ1) is 13.3. The van der Waals surface area contributed by atoms with Crippen LogP contribution >= 0.6 is 15.9 Å². The Bertz CT molecular complexity index is 628. The minimum Gasteiger partial charge on any atom is -0.493 e. The number of nitrogen functional groups attached to an aromatic ring is 1. The molecule has 0 radical (unpaired) electrons. The van der Waals surface area contributed by atoms with E-state index in [4.69, 9.17) is 15.2 Å². The average molecular weight is 334 g/mol. The molecule has 104 valence electrons. The SMILES string of the molecule is Nc1cc(Br)ccc1OCCc1ccc2c(c1)CCO2. The Hall–Kier alpha value is -1.68. The molecule has 2 aromatic rings. The fraction of sp³-hybridized carbons (Fsp3) is 0.250. The molecule has 20 heavy (non-hydrogen) atoms. The van der Waals surface area contributed by atoms with Gasteiger partial charge < -0.3 is 15.2 Å². The molecule has 0 aromatic heterocycles. The molecule has 0 saturated carbocycles. The molecule has 3 rings (SSSR count). The molecule has 0 bridgehead atoms. The molecule has 0 aliphatic carbocycles. The molecule has 0 saturated heterocycles. The molecule has 0 atom stereocenters. The van der Waals surface area contributed by atoms with Gasteiger partial charge in [0.15, 0.2) is 0 Å². The van der Waals surface area contributed by atoms with Gasteiger partial charge in [0.2, 0.25) is 0 Å². The summed E-state index contributed by atoms with van der Waals surface area (Å²) in [7, 11) is 0. The highest BCUT2D eigenvalue weighted by molar-refractivity contribution is 9.10. The van der Waals surface area contributed by atoms with Crippen LogP contribution in [0.25, 0.3) is 0 Å². The van der Waals surface area contributed by atoms with Crippen LogP contribution in [-0.4, -0.2) is 13.2 Å². The smallest absolute Gasteiger partial charge is 0.142 e. The van der Waals surface area contributed by atoms with Crippen molar-refractivity contribution < 1.29 is 9.47 Å². The van der Waals surface area contributed by atoms with Crippen molar-refractivity contribution in [2.75, 3.05) is 18.9 Å². The lowest BCUT2D eigenvalue weighted by Crippen LogP contribution is -2.03. The molecule has 3 nitrogen and oxygen atoms in total. The minimum absolute atomic E-state index is 0.617. The van der Waals surface area contributed by atoms with E-state index >= 15 is 0 Å². The summed E-state index contributed by atoms with van der Waals surface area (Å²) in [4.78, 5) is 0. The number of hydrogen-bond donors (Lipinski definition) is 1. The Kier molecular flexibility index (Phi) is 3.83. The molecule has 0 unspecified atom stereocenters. The Balaban J connectivity index is 1.60. The number of rotatable bonds is 4. The van der Waals surface area contributed by atoms with Crippen molar-refractivity contribution in [1.29, 1.82) is 0 Å². The van der Waals surface area contributed by atoms with Gasteiger partial charge in [-0.25, -0.2) is 0 Å². The van der Waals surface area contributed by atoms with E-state index in [0.717, 1.165) is 35.4 Å². The van der Waals surface area contributed by atoms with Crippen molar-refractivity contribution in [3.63, 3.8) is 0 Å². The van der Waals surface area contributed by atoms with Crippen LogP contribution in [0.3, 0.4) is 0 Å². The third-order valence-corrected chi connectivity index (χ3v) is 3.87. The van der Waals surface area contributed by atoms with Gasteiger partial charge in [0, 0.05) is 17.3 Å². The van der Waals surface area contributed by atoms with Crippen molar-refractivity contribution in [3.8, 4) is 11.5 Å². The molecule has 1 heterocycles. The Morgan fingerprint density at radius 3 is 2.95 bits per heavy atom. The average Bonchev–Trinajstić information content (AvgIpc) is 2.89. The van der Waals surface area contributed by atoms with Gasteiger partial charge in [-0.15, -0.1) is 0 Å². The van der Waals surface area contributed by atoms with Crippen molar-refractivity contribution in [2.24, 2.45) is 0 Å². The molecule has 1 aliphatic heterocycles. The van der Waals surface area contributed by atoms with E-state index in [2.05, 4.69) is 28.1 Å². The second-order valence-corrected chi connectivity index (χ2v) is 5.74. The highest BCUT2D eigenvalue weighted by Gasteiger charge is 2.11. The maximum atomic E-state index is 5.90. The van der Waals surface area contributed by atoms with Crippen molar-refractivity contribution >= 4 is 21.6 Å². The molecular formula is C16H16BrNO2. The van der Waals surface area contributed by atoms with Gasteiger partial charge in [-0.1, -0.05) is 28.1 Å². The van der Waals surface area contributed by atoms with Gasteiger partial charge in [-0.3, -0.25) is 0 Å². The molecule has 2 aromatic carbocycles. The number of halogens is 1. The summed E-state index contributed by atoms with van der Waals surface area (Å²) in [6.45, 7) is 1.41. The first-order valence-corrected chi connectivity index (χ1v) is 7.44. The van der Waals surface area contributed by atoms with Gasteiger partial charge in [0.25, 0.3) is 0 Å². The third kappa shape index (κ3) is 2.90. The summed E-state index contributed by atoms with van der Waals surface area (Å²) >= 11 is 3.38. The number of anilines is 1. The van der Waals surface area contributed by atoms with E-state index in [9.17, 15) is 0 Å². The summed E-state index contributed by atoms with van der Waals surface area (Å²) in [5.41, 5.74) is 9.12. The lowest BCUT2D eigenvalue weighted by atomic mass is 10.1. The second kappa shape index (κ2) is 5.75. The highest BCUT2D eigenvalue weighted by atomic mass is 79.9. The summed E-state index contributed by atoms with van der Waals surface area (Å²) in [5, 5.41) is 0. The van der Waals surface area contributed by atoms with E-state index in [-0.39, 0.29) is 0 Å². The van der Waals surface area contributed by atoms with Crippen molar-refractivity contribution in [3.05, 3.63) is 52.0 Å². The van der Waals surface area contributed by atoms with Crippen LogP contribution in [0.2, 0.25) is 0 Å². The van der Waals surface area contributed by atoms with Gasteiger partial charge in [0.05, 0.1) is 18.9 Å². The molecule has 2 N–H and O–H groups in total. The third-order valence-electron chi connectivity index (χ3n) is 3.37. The monoisotopic (exact) mass is 333 g/mol. The van der Waals surface area contributed by atoms with Crippen LogP contribution < -0.4 is 15.2 Å². The highest BCUT2D eigenvalue weighted by Crippen LogP contribution is 2.27. The molecular weight excluding hydrogens is 318 g/mol. The van der Waals surface area contributed by atoms with Crippen molar-refractivity contribution in [2.45, 2.75) is 12.8 Å². The second-order valence-electron chi connectivity index (χ2n) is 4.82. The fourth-order valence-corrected chi connectivity index (χ4v) is 2.70. The van der Waals surface area contributed by atoms with Crippen LogP contribution in [0.1, 0.15) is 11.1 Å². The van der Waals surface area contributed by atoms with Crippen molar-refractivity contribution in [1.82, 2.24) is 0 Å². The largest absolute Gasteiger partial charge is 0.493 e. The van der Waals surface area contributed by atoms with E-state index in [1.165, 1.54) is 11.1 Å². The molecule has 4 heteroatoms. The molecule has 1 aliphatic rings. The quantitative estimate of drug-likeness (QED) is 0.869. The zero-order valence-corrected chi connectivity index (χ0v) is 12.7. The minimum atomic E-state index is 0.617. The standard InChI is InChI=1S/C16H16BrNO2/c17-13-2-4-16(14(18)10-13)20-7-5-11-1-3-15-12(9-11)6-8-19-15/h1-4,9-10H,5-8,18H2.